The summed E-state index contributed by atoms with van der Waals surface area (Å²) in [5, 5.41) is 3.05. The Labute approximate surface area is 118 Å². The standard InChI is InChI=1S/C13H17N3O3S/c1-2-6-14-13-9-12(5-7-15-13)20(17,18)16-10-11-4-3-8-19-11/h3-5,7-9,16H,2,6,10H2,1H3,(H,14,15). The fourth-order valence-corrected chi connectivity index (χ4v) is 2.60. The Hall–Kier alpha value is -1.86. The highest BCUT2D eigenvalue weighted by molar-refractivity contribution is 7.89. The van der Waals surface area contributed by atoms with E-state index < -0.39 is 10.0 Å². The lowest BCUT2D eigenvalue weighted by atomic mass is 10.4. The Morgan fingerprint density at radius 3 is 2.90 bits per heavy atom. The molecule has 0 aliphatic rings. The molecule has 2 rings (SSSR count). The van der Waals surface area contributed by atoms with E-state index in [1.54, 1.807) is 12.1 Å². The molecule has 0 aliphatic heterocycles. The maximum Gasteiger partial charge on any atom is 0.241 e. The van der Waals surface area contributed by atoms with Gasteiger partial charge in [-0.1, -0.05) is 6.92 Å². The lowest BCUT2D eigenvalue weighted by Gasteiger charge is -2.08. The van der Waals surface area contributed by atoms with E-state index in [1.165, 1.54) is 24.6 Å². The molecule has 0 unspecified atom stereocenters. The molecule has 0 amide bonds. The first-order valence-corrected chi connectivity index (χ1v) is 7.82. The number of rotatable bonds is 7. The van der Waals surface area contributed by atoms with Crippen molar-refractivity contribution in [1.82, 2.24) is 9.71 Å². The van der Waals surface area contributed by atoms with Gasteiger partial charge in [-0.25, -0.2) is 18.1 Å². The molecule has 108 valence electrons. The maximum absolute atomic E-state index is 12.1. The molecule has 0 radical (unpaired) electrons. The van der Waals surface area contributed by atoms with Crippen LogP contribution in [-0.2, 0) is 16.6 Å². The summed E-state index contributed by atoms with van der Waals surface area (Å²) in [5.74, 6) is 1.11. The predicted octanol–water partition coefficient (Wildman–Crippen LogP) is 1.97. The second-order valence-corrected chi connectivity index (χ2v) is 5.97. The molecule has 7 heteroatoms. The number of hydrogen-bond donors (Lipinski definition) is 2. The Bertz CT molecular complexity index is 639. The van der Waals surface area contributed by atoms with E-state index in [2.05, 4.69) is 15.0 Å². The fourth-order valence-electron chi connectivity index (χ4n) is 1.59. The molecular formula is C13H17N3O3S. The SMILES string of the molecule is CCCNc1cc(S(=O)(=O)NCc2ccco2)ccn1. The molecule has 0 bridgehead atoms. The molecule has 6 nitrogen and oxygen atoms in total. The lowest BCUT2D eigenvalue weighted by Crippen LogP contribution is -2.23. The van der Waals surface area contributed by atoms with Crippen molar-refractivity contribution in [1.29, 1.82) is 0 Å². The van der Waals surface area contributed by atoms with Crippen LogP contribution in [0.15, 0.2) is 46.0 Å². The zero-order chi connectivity index (χ0) is 14.4. The molecule has 0 aliphatic carbocycles. The Morgan fingerprint density at radius 1 is 1.35 bits per heavy atom. The van der Waals surface area contributed by atoms with Crippen molar-refractivity contribution in [2.75, 3.05) is 11.9 Å². The molecule has 0 aromatic carbocycles. The number of nitrogens with one attached hydrogen (secondary N) is 2. The molecular weight excluding hydrogens is 278 g/mol. The lowest BCUT2D eigenvalue weighted by molar-refractivity contribution is 0.498. The summed E-state index contributed by atoms with van der Waals surface area (Å²) in [6, 6.07) is 6.40. The minimum absolute atomic E-state index is 0.120. The Kier molecular flexibility index (Phi) is 4.75. The summed E-state index contributed by atoms with van der Waals surface area (Å²) in [6.07, 6.45) is 3.91. The third-order valence-corrected chi connectivity index (χ3v) is 4.01. The molecule has 0 spiro atoms. The first kappa shape index (κ1) is 14.5. The first-order valence-electron chi connectivity index (χ1n) is 6.34. The van der Waals surface area contributed by atoms with Gasteiger partial charge in [0.25, 0.3) is 0 Å². The Balaban J connectivity index is 2.08. The van der Waals surface area contributed by atoms with Crippen LogP contribution in [0, 0.1) is 0 Å². The number of nitrogens with zero attached hydrogens (tertiary/aromatic N) is 1. The highest BCUT2D eigenvalue weighted by Crippen LogP contribution is 2.13. The topological polar surface area (TPSA) is 84.2 Å². The van der Waals surface area contributed by atoms with Crippen molar-refractivity contribution in [3.8, 4) is 0 Å². The second-order valence-electron chi connectivity index (χ2n) is 4.21. The normalized spacial score (nSPS) is 11.4. The van der Waals surface area contributed by atoms with Gasteiger partial charge >= 0.3 is 0 Å². The van der Waals surface area contributed by atoms with Gasteiger partial charge in [-0.15, -0.1) is 0 Å². The van der Waals surface area contributed by atoms with Crippen molar-refractivity contribution < 1.29 is 12.8 Å². The van der Waals surface area contributed by atoms with Crippen LogP contribution >= 0.6 is 0 Å². The van der Waals surface area contributed by atoms with Crippen molar-refractivity contribution in [2.24, 2.45) is 0 Å². The third kappa shape index (κ3) is 3.82. The number of pyridine rings is 1. The summed E-state index contributed by atoms with van der Waals surface area (Å²) >= 11 is 0. The average molecular weight is 295 g/mol. The fraction of sp³-hybridized carbons (Fsp3) is 0.308. The van der Waals surface area contributed by atoms with Crippen molar-refractivity contribution in [3.05, 3.63) is 42.5 Å². The minimum Gasteiger partial charge on any atom is -0.468 e. The van der Waals surface area contributed by atoms with E-state index >= 15 is 0 Å². The minimum atomic E-state index is -3.57. The Morgan fingerprint density at radius 2 is 2.20 bits per heavy atom. The van der Waals surface area contributed by atoms with Gasteiger partial charge in [-0.3, -0.25) is 0 Å². The summed E-state index contributed by atoms with van der Waals surface area (Å²) in [6.45, 7) is 2.89. The third-order valence-electron chi connectivity index (χ3n) is 2.61. The number of sulfonamides is 1. The number of hydrogen-bond acceptors (Lipinski definition) is 5. The molecule has 0 saturated carbocycles. The van der Waals surface area contributed by atoms with Gasteiger partial charge in [0.05, 0.1) is 17.7 Å². The van der Waals surface area contributed by atoms with E-state index in [4.69, 9.17) is 4.42 Å². The van der Waals surface area contributed by atoms with Crippen LogP contribution in [0.5, 0.6) is 0 Å². The molecule has 0 saturated heterocycles. The van der Waals surface area contributed by atoms with E-state index in [1.807, 2.05) is 6.92 Å². The van der Waals surface area contributed by atoms with Crippen LogP contribution in [0.2, 0.25) is 0 Å². The summed E-state index contributed by atoms with van der Waals surface area (Å²) < 4.78 is 31.9. The van der Waals surface area contributed by atoms with E-state index in [9.17, 15) is 8.42 Å². The van der Waals surface area contributed by atoms with Gasteiger partial charge in [0.15, 0.2) is 0 Å². The molecule has 20 heavy (non-hydrogen) atoms. The molecule has 2 heterocycles. The van der Waals surface area contributed by atoms with Crippen LogP contribution in [0.25, 0.3) is 0 Å². The molecule has 2 N–H and O–H groups in total. The summed E-state index contributed by atoms with van der Waals surface area (Å²) in [7, 11) is -3.57. The van der Waals surface area contributed by atoms with Gasteiger partial charge < -0.3 is 9.73 Å². The number of aromatic nitrogens is 1. The zero-order valence-electron chi connectivity index (χ0n) is 11.2. The monoisotopic (exact) mass is 295 g/mol. The van der Waals surface area contributed by atoms with Crippen LogP contribution in [0.3, 0.4) is 0 Å². The second kappa shape index (κ2) is 6.53. The van der Waals surface area contributed by atoms with Gasteiger partial charge in [0.1, 0.15) is 11.6 Å². The van der Waals surface area contributed by atoms with Gasteiger partial charge in [0, 0.05) is 18.8 Å². The van der Waals surface area contributed by atoms with Gasteiger partial charge in [-0.2, -0.15) is 0 Å². The predicted molar refractivity (Wildman–Crippen MR) is 75.8 cm³/mol. The highest BCUT2D eigenvalue weighted by Gasteiger charge is 2.15. The van der Waals surface area contributed by atoms with Crippen LogP contribution in [0.1, 0.15) is 19.1 Å². The largest absolute Gasteiger partial charge is 0.468 e. The van der Waals surface area contributed by atoms with E-state index in [-0.39, 0.29) is 11.4 Å². The average Bonchev–Trinajstić information content (AvgIpc) is 2.97. The highest BCUT2D eigenvalue weighted by atomic mass is 32.2. The quantitative estimate of drug-likeness (QED) is 0.816. The van der Waals surface area contributed by atoms with Crippen LogP contribution in [-0.4, -0.2) is 19.9 Å². The molecule has 0 atom stereocenters. The van der Waals surface area contributed by atoms with E-state index in [0.717, 1.165) is 13.0 Å². The van der Waals surface area contributed by atoms with Crippen LogP contribution in [0.4, 0.5) is 5.82 Å². The molecule has 2 aromatic heterocycles. The van der Waals surface area contributed by atoms with Crippen LogP contribution < -0.4 is 10.0 Å². The maximum atomic E-state index is 12.1. The van der Waals surface area contributed by atoms with Gasteiger partial charge in [-0.05, 0) is 24.6 Å². The first-order chi connectivity index (χ1) is 9.62. The molecule has 0 fully saturated rings. The van der Waals surface area contributed by atoms with Crippen molar-refractivity contribution >= 4 is 15.8 Å². The zero-order valence-corrected chi connectivity index (χ0v) is 12.0. The number of furan rings is 1. The smallest absolute Gasteiger partial charge is 0.241 e. The summed E-state index contributed by atoms with van der Waals surface area (Å²) in [5.41, 5.74) is 0. The van der Waals surface area contributed by atoms with E-state index in [0.29, 0.717) is 11.6 Å². The van der Waals surface area contributed by atoms with Crippen molar-refractivity contribution in [2.45, 2.75) is 24.8 Å². The summed E-state index contributed by atoms with van der Waals surface area (Å²) in [4.78, 5) is 4.26. The molecule has 2 aromatic rings. The van der Waals surface area contributed by atoms with Crippen molar-refractivity contribution in [3.63, 3.8) is 0 Å². The number of anilines is 1. The van der Waals surface area contributed by atoms with Gasteiger partial charge in [0.2, 0.25) is 10.0 Å².